The van der Waals surface area contributed by atoms with Crippen LogP contribution in [0.4, 0.5) is 4.39 Å². The molecule has 1 aliphatic heterocycles. The molecule has 1 atom stereocenters. The number of hydrogen-bond donors (Lipinski definition) is 1. The number of carbonyl (C=O) groups is 1. The minimum atomic E-state index is -1.73. The van der Waals surface area contributed by atoms with Gasteiger partial charge in [0.25, 0.3) is 0 Å². The van der Waals surface area contributed by atoms with Crippen LogP contribution in [0.2, 0.25) is 5.02 Å². The zero-order valence-corrected chi connectivity index (χ0v) is 15.1. The van der Waals surface area contributed by atoms with Gasteiger partial charge in [-0.2, -0.15) is 0 Å². The molecule has 3 rings (SSSR count). The third-order valence-electron chi connectivity index (χ3n) is 3.88. The SMILES string of the molecule is CC1(C)OC(c2ccc(S(N)=O)c(Cl)c2)=C(c2cccc(F)c2)C1=O. The lowest BCUT2D eigenvalue weighted by atomic mass is 9.92. The van der Waals surface area contributed by atoms with Gasteiger partial charge >= 0.3 is 0 Å². The molecule has 2 aromatic carbocycles. The van der Waals surface area contributed by atoms with E-state index >= 15 is 0 Å². The number of carbonyl (C=O) groups excluding carboxylic acids is 1. The smallest absolute Gasteiger partial charge is 0.210 e. The van der Waals surface area contributed by atoms with Gasteiger partial charge in [-0.05, 0) is 49.7 Å². The normalized spacial score (nSPS) is 17.6. The van der Waals surface area contributed by atoms with Crippen molar-refractivity contribution in [2.24, 2.45) is 5.14 Å². The molecule has 7 heteroatoms. The number of nitrogens with two attached hydrogens (primary N) is 1. The van der Waals surface area contributed by atoms with E-state index in [1.54, 1.807) is 26.0 Å². The maximum absolute atomic E-state index is 13.6. The Morgan fingerprint density at radius 2 is 1.88 bits per heavy atom. The van der Waals surface area contributed by atoms with E-state index in [0.29, 0.717) is 16.9 Å². The molecular formula is C18H15ClFNO3S. The minimum absolute atomic E-state index is 0.199. The number of benzene rings is 2. The number of halogens is 2. The van der Waals surface area contributed by atoms with Gasteiger partial charge in [0.2, 0.25) is 5.78 Å². The van der Waals surface area contributed by atoms with Crippen molar-refractivity contribution in [3.8, 4) is 0 Å². The Morgan fingerprint density at radius 1 is 1.16 bits per heavy atom. The second-order valence-corrected chi connectivity index (χ2v) is 7.54. The van der Waals surface area contributed by atoms with Crippen molar-refractivity contribution < 1.29 is 18.1 Å². The lowest BCUT2D eigenvalue weighted by Gasteiger charge is -2.18. The van der Waals surface area contributed by atoms with Crippen LogP contribution in [0.1, 0.15) is 25.0 Å². The molecule has 0 aromatic heterocycles. The van der Waals surface area contributed by atoms with Crippen LogP contribution in [0.5, 0.6) is 0 Å². The summed E-state index contributed by atoms with van der Waals surface area (Å²) < 4.78 is 30.9. The molecule has 0 aliphatic carbocycles. The van der Waals surface area contributed by atoms with Crippen molar-refractivity contribution in [2.45, 2.75) is 24.3 Å². The largest absolute Gasteiger partial charge is 0.478 e. The van der Waals surface area contributed by atoms with E-state index in [2.05, 4.69) is 0 Å². The fraction of sp³-hybridized carbons (Fsp3) is 0.167. The molecule has 0 radical (unpaired) electrons. The molecule has 1 aliphatic rings. The summed E-state index contributed by atoms with van der Waals surface area (Å²) >= 11 is 6.13. The first-order valence-electron chi connectivity index (χ1n) is 7.41. The first-order valence-corrected chi connectivity index (χ1v) is 9.00. The van der Waals surface area contributed by atoms with Gasteiger partial charge < -0.3 is 4.74 Å². The lowest BCUT2D eigenvalue weighted by molar-refractivity contribution is -0.125. The van der Waals surface area contributed by atoms with Crippen LogP contribution >= 0.6 is 11.6 Å². The van der Waals surface area contributed by atoms with Crippen LogP contribution in [-0.2, 0) is 20.5 Å². The van der Waals surface area contributed by atoms with Crippen LogP contribution in [0.25, 0.3) is 11.3 Å². The Morgan fingerprint density at radius 3 is 2.48 bits per heavy atom. The van der Waals surface area contributed by atoms with Crippen molar-refractivity contribution in [2.75, 3.05) is 0 Å². The Balaban J connectivity index is 2.21. The zero-order chi connectivity index (χ0) is 18.4. The molecule has 1 unspecified atom stereocenters. The highest BCUT2D eigenvalue weighted by Crippen LogP contribution is 2.42. The minimum Gasteiger partial charge on any atom is -0.478 e. The number of Topliss-reactive ketones (excluding diaryl/α,β-unsaturated/α-hetero) is 1. The summed E-state index contributed by atoms with van der Waals surface area (Å²) in [5, 5.41) is 5.57. The van der Waals surface area contributed by atoms with E-state index in [9.17, 15) is 13.4 Å². The third-order valence-corrected chi connectivity index (χ3v) is 5.10. The van der Waals surface area contributed by atoms with Crippen molar-refractivity contribution in [3.63, 3.8) is 0 Å². The number of ketones is 1. The Hall–Kier alpha value is -2.02. The van der Waals surface area contributed by atoms with Gasteiger partial charge in [-0.3, -0.25) is 4.79 Å². The molecule has 0 saturated heterocycles. The molecule has 25 heavy (non-hydrogen) atoms. The van der Waals surface area contributed by atoms with Crippen molar-refractivity contribution in [3.05, 3.63) is 64.4 Å². The van der Waals surface area contributed by atoms with Gasteiger partial charge in [-0.15, -0.1) is 0 Å². The summed E-state index contributed by atoms with van der Waals surface area (Å²) in [7, 11) is -1.73. The molecule has 0 bridgehead atoms. The summed E-state index contributed by atoms with van der Waals surface area (Å²) in [4.78, 5) is 13.1. The first-order chi connectivity index (χ1) is 11.7. The maximum Gasteiger partial charge on any atom is 0.210 e. The lowest BCUT2D eigenvalue weighted by Crippen LogP contribution is -2.29. The summed E-state index contributed by atoms with van der Waals surface area (Å²) in [5.74, 6) is -0.402. The van der Waals surface area contributed by atoms with Crippen molar-refractivity contribution in [1.29, 1.82) is 0 Å². The highest BCUT2D eigenvalue weighted by Gasteiger charge is 2.42. The Labute approximate surface area is 152 Å². The second-order valence-electron chi connectivity index (χ2n) is 6.10. The highest BCUT2D eigenvalue weighted by molar-refractivity contribution is 7.82. The average molecular weight is 380 g/mol. The van der Waals surface area contributed by atoms with Crippen LogP contribution in [0.15, 0.2) is 47.4 Å². The molecular weight excluding hydrogens is 365 g/mol. The standard InChI is InChI=1S/C18H15ClFNO3S/c1-18(2)17(22)15(10-4-3-5-12(20)8-10)16(24-18)11-6-7-14(25(21)23)13(19)9-11/h3-9H,21H2,1-2H3. The molecule has 0 spiro atoms. The van der Waals surface area contributed by atoms with Crippen LogP contribution in [0.3, 0.4) is 0 Å². The average Bonchev–Trinajstić information content (AvgIpc) is 2.77. The molecule has 130 valence electrons. The number of hydrogen-bond acceptors (Lipinski definition) is 3. The van der Waals surface area contributed by atoms with Gasteiger partial charge in [-0.1, -0.05) is 23.7 Å². The van der Waals surface area contributed by atoms with E-state index in [-0.39, 0.29) is 21.3 Å². The predicted molar refractivity (Wildman–Crippen MR) is 95.4 cm³/mol. The van der Waals surface area contributed by atoms with Gasteiger partial charge in [0, 0.05) is 5.56 Å². The van der Waals surface area contributed by atoms with Gasteiger partial charge in [0.15, 0.2) is 5.60 Å². The second kappa shape index (κ2) is 6.37. The summed E-state index contributed by atoms with van der Waals surface area (Å²) in [6.45, 7) is 3.29. The van der Waals surface area contributed by atoms with Crippen LogP contribution in [0, 0.1) is 5.82 Å². The van der Waals surface area contributed by atoms with Crippen molar-refractivity contribution in [1.82, 2.24) is 0 Å². The fourth-order valence-corrected chi connectivity index (χ4v) is 3.53. The van der Waals surface area contributed by atoms with Crippen molar-refractivity contribution >= 4 is 39.7 Å². The molecule has 1 heterocycles. The van der Waals surface area contributed by atoms with Gasteiger partial charge in [0.1, 0.15) is 22.6 Å². The van der Waals surface area contributed by atoms with Gasteiger partial charge in [-0.25, -0.2) is 13.7 Å². The van der Waals surface area contributed by atoms with Crippen LogP contribution in [-0.4, -0.2) is 15.6 Å². The van der Waals surface area contributed by atoms with E-state index in [4.69, 9.17) is 21.5 Å². The maximum atomic E-state index is 13.6. The highest BCUT2D eigenvalue weighted by atomic mass is 35.5. The van der Waals surface area contributed by atoms with Gasteiger partial charge in [0.05, 0.1) is 15.5 Å². The number of rotatable bonds is 3. The predicted octanol–water partition coefficient (Wildman–Crippen LogP) is 3.71. The topological polar surface area (TPSA) is 69.4 Å². The molecule has 2 N–H and O–H groups in total. The van der Waals surface area contributed by atoms with E-state index < -0.39 is 22.4 Å². The Bertz CT molecular complexity index is 940. The molecule has 0 amide bonds. The van der Waals surface area contributed by atoms with E-state index in [1.165, 1.54) is 30.3 Å². The zero-order valence-electron chi connectivity index (χ0n) is 13.5. The Kier molecular flexibility index (Phi) is 4.53. The first kappa shape index (κ1) is 17.8. The monoisotopic (exact) mass is 379 g/mol. The molecule has 0 saturated carbocycles. The quantitative estimate of drug-likeness (QED) is 0.883. The molecule has 2 aromatic rings. The molecule has 0 fully saturated rings. The summed E-state index contributed by atoms with van der Waals surface area (Å²) in [6.07, 6.45) is 0. The summed E-state index contributed by atoms with van der Waals surface area (Å²) in [5.41, 5.74) is 0.145. The van der Waals surface area contributed by atoms with E-state index in [0.717, 1.165) is 0 Å². The summed E-state index contributed by atoms with van der Waals surface area (Å²) in [6, 6.07) is 10.4. The number of ether oxygens (including phenoxy) is 1. The molecule has 4 nitrogen and oxygen atoms in total. The van der Waals surface area contributed by atoms with E-state index in [1.807, 2.05) is 0 Å². The third kappa shape index (κ3) is 3.25. The van der Waals surface area contributed by atoms with Crippen LogP contribution < -0.4 is 5.14 Å². The fourth-order valence-electron chi connectivity index (χ4n) is 2.67.